The molecule has 1 aromatic carbocycles. The van der Waals surface area contributed by atoms with E-state index in [0.717, 1.165) is 12.8 Å². The minimum atomic E-state index is -1.11. The molecule has 0 radical (unpaired) electrons. The largest absolute Gasteiger partial charge is 0.480 e. The van der Waals surface area contributed by atoms with Gasteiger partial charge in [-0.1, -0.05) is 29.8 Å². The number of carboxylic acids is 1. The number of aliphatic carboxylic acids is 1. The average Bonchev–Trinajstić information content (AvgIpc) is 2.34. The maximum Gasteiger partial charge on any atom is 0.320 e. The molecule has 1 aliphatic carbocycles. The van der Waals surface area contributed by atoms with Gasteiger partial charge in [-0.05, 0) is 37.2 Å². The van der Waals surface area contributed by atoms with Crippen LogP contribution in [0, 0.1) is 12.8 Å². The summed E-state index contributed by atoms with van der Waals surface area (Å²) in [7, 11) is 0. The molecule has 0 saturated heterocycles. The molecule has 20 heavy (non-hydrogen) atoms. The summed E-state index contributed by atoms with van der Waals surface area (Å²) in [6.45, 7) is 2.06. The van der Waals surface area contributed by atoms with Gasteiger partial charge in [0.05, 0.1) is 0 Å². The molecule has 1 aromatic rings. The molecular weight excluding hydrogens is 254 g/mol. The molecule has 0 aliphatic heterocycles. The Morgan fingerprint density at radius 1 is 1.40 bits per heavy atom. The van der Waals surface area contributed by atoms with Crippen molar-refractivity contribution in [2.45, 2.75) is 44.6 Å². The van der Waals surface area contributed by atoms with Crippen LogP contribution in [0.4, 0.5) is 0 Å². The Morgan fingerprint density at radius 3 is 2.70 bits per heavy atom. The van der Waals surface area contributed by atoms with Crippen molar-refractivity contribution in [3.63, 3.8) is 0 Å². The summed E-state index contributed by atoms with van der Waals surface area (Å²) in [5, 5.41) is 8.72. The molecule has 1 fully saturated rings. The number of ketones is 1. The van der Waals surface area contributed by atoms with Crippen LogP contribution in [-0.2, 0) is 9.59 Å². The van der Waals surface area contributed by atoms with Gasteiger partial charge in [0.15, 0.2) is 0 Å². The van der Waals surface area contributed by atoms with Gasteiger partial charge in [0.2, 0.25) is 0 Å². The summed E-state index contributed by atoms with van der Waals surface area (Å²) in [6.07, 6.45) is 2.52. The zero-order valence-corrected chi connectivity index (χ0v) is 11.7. The van der Waals surface area contributed by atoms with E-state index in [9.17, 15) is 9.59 Å². The third-order valence-electron chi connectivity index (χ3n) is 4.14. The van der Waals surface area contributed by atoms with E-state index in [-0.39, 0.29) is 12.2 Å². The highest BCUT2D eigenvalue weighted by Gasteiger charge is 2.34. The Labute approximate surface area is 119 Å². The van der Waals surface area contributed by atoms with E-state index in [4.69, 9.17) is 10.8 Å². The molecule has 1 saturated carbocycles. The predicted molar refractivity (Wildman–Crippen MR) is 76.5 cm³/mol. The molecule has 3 N–H and O–H groups in total. The highest BCUT2D eigenvalue weighted by atomic mass is 16.4. The first-order chi connectivity index (χ1) is 9.47. The van der Waals surface area contributed by atoms with Crippen molar-refractivity contribution < 1.29 is 14.7 Å². The molecule has 2 rings (SSSR count). The lowest BCUT2D eigenvalue weighted by atomic mass is 9.67. The van der Waals surface area contributed by atoms with Gasteiger partial charge in [-0.25, -0.2) is 0 Å². The number of carboxylic acid groups (broad SMARTS) is 1. The van der Waals surface area contributed by atoms with Crippen molar-refractivity contribution in [1.29, 1.82) is 0 Å². The lowest BCUT2D eigenvalue weighted by Crippen LogP contribution is -2.34. The Kier molecular flexibility index (Phi) is 4.55. The summed E-state index contributed by atoms with van der Waals surface area (Å²) >= 11 is 0. The Hall–Kier alpha value is -1.68. The number of carbonyl (C=O) groups is 2. The second kappa shape index (κ2) is 6.18. The fourth-order valence-electron chi connectivity index (χ4n) is 2.86. The molecule has 3 atom stereocenters. The van der Waals surface area contributed by atoms with Crippen molar-refractivity contribution in [1.82, 2.24) is 0 Å². The fraction of sp³-hybridized carbons (Fsp3) is 0.500. The molecule has 0 amide bonds. The van der Waals surface area contributed by atoms with Gasteiger partial charge in [0.1, 0.15) is 11.8 Å². The first kappa shape index (κ1) is 14.7. The van der Waals surface area contributed by atoms with Crippen molar-refractivity contribution in [2.24, 2.45) is 11.7 Å². The van der Waals surface area contributed by atoms with Gasteiger partial charge in [-0.2, -0.15) is 0 Å². The van der Waals surface area contributed by atoms with Crippen LogP contribution in [0.15, 0.2) is 24.3 Å². The number of hydrogen-bond acceptors (Lipinski definition) is 3. The van der Waals surface area contributed by atoms with Crippen LogP contribution in [0.1, 0.15) is 42.7 Å². The topological polar surface area (TPSA) is 80.4 Å². The number of benzene rings is 1. The molecule has 3 unspecified atom stereocenters. The van der Waals surface area contributed by atoms with Crippen LogP contribution < -0.4 is 5.73 Å². The lowest BCUT2D eigenvalue weighted by molar-refractivity contribution is -0.140. The predicted octanol–water partition coefficient (Wildman–Crippen LogP) is 2.25. The Balaban J connectivity index is 1.91. The van der Waals surface area contributed by atoms with E-state index in [1.807, 2.05) is 6.07 Å². The van der Waals surface area contributed by atoms with Gasteiger partial charge in [-0.3, -0.25) is 9.59 Å². The van der Waals surface area contributed by atoms with Crippen LogP contribution in [0.5, 0.6) is 0 Å². The second-order valence-electron chi connectivity index (χ2n) is 5.75. The van der Waals surface area contributed by atoms with Gasteiger partial charge in [-0.15, -0.1) is 0 Å². The van der Waals surface area contributed by atoms with Crippen LogP contribution in [0.25, 0.3) is 0 Å². The van der Waals surface area contributed by atoms with Crippen molar-refractivity contribution >= 4 is 11.8 Å². The summed E-state index contributed by atoms with van der Waals surface area (Å²) in [5.41, 5.74) is 7.92. The monoisotopic (exact) mass is 275 g/mol. The number of rotatable bonds is 6. The smallest absolute Gasteiger partial charge is 0.320 e. The van der Waals surface area contributed by atoms with Gasteiger partial charge < -0.3 is 10.8 Å². The van der Waals surface area contributed by atoms with Gasteiger partial charge in [0, 0.05) is 12.8 Å². The highest BCUT2D eigenvalue weighted by Crippen LogP contribution is 2.44. The van der Waals surface area contributed by atoms with Crippen molar-refractivity contribution in [3.05, 3.63) is 35.4 Å². The minimum Gasteiger partial charge on any atom is -0.480 e. The van der Waals surface area contributed by atoms with E-state index in [0.29, 0.717) is 18.3 Å². The average molecular weight is 275 g/mol. The van der Waals surface area contributed by atoms with Crippen LogP contribution in [0.2, 0.25) is 0 Å². The van der Waals surface area contributed by atoms with E-state index < -0.39 is 12.0 Å². The fourth-order valence-corrected chi connectivity index (χ4v) is 2.86. The molecule has 1 aliphatic rings. The Bertz CT molecular complexity index is 512. The zero-order valence-electron chi connectivity index (χ0n) is 11.7. The maximum atomic E-state index is 11.9. The quantitative estimate of drug-likeness (QED) is 0.834. The number of carbonyl (C=O) groups excluding carboxylic acids is 1. The highest BCUT2D eigenvalue weighted by molar-refractivity contribution is 5.85. The maximum absolute atomic E-state index is 11.9. The van der Waals surface area contributed by atoms with Gasteiger partial charge in [0.25, 0.3) is 0 Å². The summed E-state index contributed by atoms with van der Waals surface area (Å²) in [4.78, 5) is 22.5. The number of Topliss-reactive ketones (excluding diaryl/α,β-unsaturated/α-hetero) is 1. The van der Waals surface area contributed by atoms with Crippen LogP contribution >= 0.6 is 0 Å². The molecule has 0 aromatic heterocycles. The van der Waals surface area contributed by atoms with Crippen molar-refractivity contribution in [2.75, 3.05) is 0 Å². The van der Waals surface area contributed by atoms with E-state index >= 15 is 0 Å². The molecular formula is C16H21NO3. The minimum absolute atomic E-state index is 0.0396. The second-order valence-corrected chi connectivity index (χ2v) is 5.75. The SMILES string of the molecule is Cc1cccc(C2CCC2CC(=O)CC(N)C(=O)O)c1. The van der Waals surface area contributed by atoms with Crippen LogP contribution in [0.3, 0.4) is 0 Å². The lowest BCUT2D eigenvalue weighted by Gasteiger charge is -2.37. The molecule has 4 heteroatoms. The number of nitrogens with two attached hydrogens (primary N) is 1. The molecule has 0 spiro atoms. The van der Waals surface area contributed by atoms with E-state index in [1.54, 1.807) is 0 Å². The Morgan fingerprint density at radius 2 is 2.15 bits per heavy atom. The van der Waals surface area contributed by atoms with Crippen molar-refractivity contribution in [3.8, 4) is 0 Å². The third-order valence-corrected chi connectivity index (χ3v) is 4.14. The zero-order chi connectivity index (χ0) is 14.7. The third kappa shape index (κ3) is 3.45. The summed E-state index contributed by atoms with van der Waals surface area (Å²) in [5.74, 6) is -0.380. The first-order valence-corrected chi connectivity index (χ1v) is 7.04. The van der Waals surface area contributed by atoms with E-state index in [1.165, 1.54) is 11.1 Å². The normalized spacial score (nSPS) is 22.9. The standard InChI is InChI=1S/C16H21NO3/c1-10-3-2-4-11(7-10)14-6-5-12(14)8-13(18)9-15(17)16(19)20/h2-4,7,12,14-15H,5-6,8-9,17H2,1H3,(H,19,20). The van der Waals surface area contributed by atoms with Crippen LogP contribution in [-0.4, -0.2) is 22.9 Å². The van der Waals surface area contributed by atoms with Gasteiger partial charge >= 0.3 is 5.97 Å². The summed E-state index contributed by atoms with van der Waals surface area (Å²) in [6, 6.07) is 7.32. The molecule has 0 heterocycles. The number of hydrogen-bond donors (Lipinski definition) is 2. The van der Waals surface area contributed by atoms with E-state index in [2.05, 4.69) is 25.1 Å². The molecule has 108 valence electrons. The number of aryl methyl sites for hydroxylation is 1. The molecule has 0 bridgehead atoms. The molecule has 4 nitrogen and oxygen atoms in total. The summed E-state index contributed by atoms with van der Waals surface area (Å²) < 4.78 is 0. The first-order valence-electron chi connectivity index (χ1n) is 7.04.